The van der Waals surface area contributed by atoms with Gasteiger partial charge < -0.3 is 13.7 Å². The van der Waals surface area contributed by atoms with Gasteiger partial charge >= 0.3 is 0 Å². The lowest BCUT2D eigenvalue weighted by atomic mass is 9.86. The van der Waals surface area contributed by atoms with E-state index in [1.54, 1.807) is 12.4 Å². The van der Waals surface area contributed by atoms with Crippen LogP contribution in [-0.2, 0) is 0 Å². The van der Waals surface area contributed by atoms with Crippen LogP contribution in [0.1, 0.15) is 17.9 Å². The van der Waals surface area contributed by atoms with Gasteiger partial charge in [-0.1, -0.05) is 152 Å². The zero-order valence-electron chi connectivity index (χ0n) is 40.5. The highest BCUT2D eigenvalue weighted by molar-refractivity contribution is 6.31. The van der Waals surface area contributed by atoms with E-state index in [1.165, 1.54) is 48.9 Å². The highest BCUT2D eigenvalue weighted by Gasteiger charge is 2.29. The minimum atomic E-state index is 0.0331. The lowest BCUT2D eigenvalue weighted by molar-refractivity contribution is 0.844. The molecule has 15 rings (SSSR count). The van der Waals surface area contributed by atoms with Gasteiger partial charge in [0.2, 0.25) is 0 Å². The molecule has 1 atom stereocenters. The van der Waals surface area contributed by atoms with Crippen molar-refractivity contribution in [2.24, 2.45) is 0 Å². The summed E-state index contributed by atoms with van der Waals surface area (Å²) in [7, 11) is 0. The number of pyridine rings is 2. The van der Waals surface area contributed by atoms with E-state index in [2.05, 4.69) is 224 Å². The molecule has 0 amide bonds. The molecule has 0 N–H and O–H groups in total. The normalized spacial score (nSPS) is 13.6. The van der Waals surface area contributed by atoms with Gasteiger partial charge in [0.25, 0.3) is 0 Å². The summed E-state index contributed by atoms with van der Waals surface area (Å²) in [5.74, 6) is 1.54. The molecule has 1 unspecified atom stereocenters. The zero-order valence-corrected chi connectivity index (χ0v) is 40.5. The molecule has 1 aliphatic rings. The van der Waals surface area contributed by atoms with E-state index in [0.717, 1.165) is 62.3 Å². The monoisotopic (exact) mass is 960 g/mol. The number of hydrogen-bond donors (Lipinski definition) is 0. The zero-order chi connectivity index (χ0) is 49.4. The van der Waals surface area contributed by atoms with Gasteiger partial charge in [0.1, 0.15) is 11.4 Å². The standard InChI is InChI=1S/C67H44N8/c1-5-21-43(22-6-1)52-41-45(65-70-66(54-31-17-19-39-68-54)72-67(71-65)55-32-18-20-40-69-55)42-53(44-23-7-2-8-24-44)62(52)75-57-34-16-14-30-51(57)61-59(75)38-36-49-48-35-37-58-60(63(48)74(64(49)61)47-27-11-4-12-28-47)50-29-13-15-33-56(50)73(58)46-25-9-3-10-26-46/h1-23,25-42,44H,24H2. The lowest BCUT2D eigenvalue weighted by Crippen LogP contribution is -2.09. The topological polar surface area (TPSA) is 79.2 Å². The fourth-order valence-corrected chi connectivity index (χ4v) is 11.7. The fourth-order valence-electron chi connectivity index (χ4n) is 11.7. The van der Waals surface area contributed by atoms with Gasteiger partial charge in [0.05, 0.1) is 38.8 Å². The van der Waals surface area contributed by atoms with Crippen molar-refractivity contribution in [2.45, 2.75) is 12.3 Å². The molecular weight excluding hydrogens is 917 g/mol. The molecular formula is C67H44N8. The maximum Gasteiger partial charge on any atom is 0.182 e. The predicted octanol–water partition coefficient (Wildman–Crippen LogP) is 16.2. The molecule has 6 heterocycles. The quantitative estimate of drug-likeness (QED) is 0.152. The Balaban J connectivity index is 1.07. The van der Waals surface area contributed by atoms with E-state index in [1.807, 2.05) is 36.4 Å². The molecule has 0 aliphatic heterocycles. The number of fused-ring (bicyclic) bond motifs is 11. The van der Waals surface area contributed by atoms with Crippen molar-refractivity contribution in [3.8, 4) is 62.6 Å². The smallest absolute Gasteiger partial charge is 0.182 e. The Morgan fingerprint density at radius 2 is 0.907 bits per heavy atom. The summed E-state index contributed by atoms with van der Waals surface area (Å²) in [4.78, 5) is 24.8. The largest absolute Gasteiger partial charge is 0.309 e. The second-order valence-corrected chi connectivity index (χ2v) is 19.1. The van der Waals surface area contributed by atoms with E-state index in [0.29, 0.717) is 28.9 Å². The van der Waals surface area contributed by atoms with E-state index in [-0.39, 0.29) is 5.92 Å². The fraction of sp³-hybridized carbons (Fsp3) is 0.0299. The van der Waals surface area contributed by atoms with Crippen molar-refractivity contribution in [1.29, 1.82) is 0 Å². The molecule has 0 spiro atoms. The van der Waals surface area contributed by atoms with Crippen LogP contribution in [0.25, 0.3) is 128 Å². The molecule has 6 aromatic heterocycles. The second kappa shape index (κ2) is 17.3. The first-order valence-electron chi connectivity index (χ1n) is 25.4. The first-order chi connectivity index (χ1) is 37.2. The number of para-hydroxylation sites is 4. The summed E-state index contributed by atoms with van der Waals surface area (Å²) >= 11 is 0. The van der Waals surface area contributed by atoms with Crippen LogP contribution >= 0.6 is 0 Å². The van der Waals surface area contributed by atoms with Gasteiger partial charge in [0, 0.05) is 73.1 Å². The molecule has 1 aliphatic carbocycles. The van der Waals surface area contributed by atoms with E-state index >= 15 is 0 Å². The van der Waals surface area contributed by atoms with Crippen LogP contribution in [0.15, 0.2) is 249 Å². The Morgan fingerprint density at radius 3 is 1.48 bits per heavy atom. The molecule has 352 valence electrons. The van der Waals surface area contributed by atoms with E-state index < -0.39 is 0 Å². The van der Waals surface area contributed by atoms with Gasteiger partial charge in [-0.25, -0.2) is 15.0 Å². The van der Waals surface area contributed by atoms with Crippen LogP contribution in [0.2, 0.25) is 0 Å². The number of rotatable bonds is 8. The van der Waals surface area contributed by atoms with E-state index in [4.69, 9.17) is 15.0 Å². The highest BCUT2D eigenvalue weighted by atomic mass is 15.1. The molecule has 75 heavy (non-hydrogen) atoms. The molecule has 8 aromatic carbocycles. The maximum absolute atomic E-state index is 5.21. The van der Waals surface area contributed by atoms with Crippen molar-refractivity contribution in [3.63, 3.8) is 0 Å². The first-order valence-corrected chi connectivity index (χ1v) is 25.4. The number of benzene rings is 8. The van der Waals surface area contributed by atoms with E-state index in [9.17, 15) is 0 Å². The van der Waals surface area contributed by atoms with Gasteiger partial charge in [-0.05, 0) is 102 Å². The summed E-state index contributed by atoms with van der Waals surface area (Å²) in [5.41, 5.74) is 15.8. The second-order valence-electron chi connectivity index (χ2n) is 19.1. The van der Waals surface area contributed by atoms with Gasteiger partial charge in [0.15, 0.2) is 17.5 Å². The number of nitrogens with zero attached hydrogens (tertiary/aromatic N) is 8. The minimum Gasteiger partial charge on any atom is -0.309 e. The summed E-state index contributed by atoms with van der Waals surface area (Å²) in [6, 6.07) is 75.8. The van der Waals surface area contributed by atoms with Crippen LogP contribution in [0.4, 0.5) is 0 Å². The van der Waals surface area contributed by atoms with Gasteiger partial charge in [-0.2, -0.15) is 0 Å². The molecule has 0 fully saturated rings. The van der Waals surface area contributed by atoms with Crippen LogP contribution in [-0.4, -0.2) is 38.6 Å². The van der Waals surface area contributed by atoms with Crippen molar-refractivity contribution >= 4 is 65.4 Å². The van der Waals surface area contributed by atoms with Crippen molar-refractivity contribution in [1.82, 2.24) is 38.6 Å². The average molecular weight is 961 g/mol. The van der Waals surface area contributed by atoms with Crippen LogP contribution in [0.3, 0.4) is 0 Å². The third-order valence-electron chi connectivity index (χ3n) is 14.9. The van der Waals surface area contributed by atoms with Gasteiger partial charge in [-0.3, -0.25) is 9.97 Å². The molecule has 0 saturated carbocycles. The first kappa shape index (κ1) is 42.6. The van der Waals surface area contributed by atoms with Crippen molar-refractivity contribution in [2.75, 3.05) is 0 Å². The Kier molecular flexibility index (Phi) is 9.84. The van der Waals surface area contributed by atoms with Gasteiger partial charge in [-0.15, -0.1) is 0 Å². The summed E-state index contributed by atoms with van der Waals surface area (Å²) in [6.45, 7) is 0. The molecule has 0 saturated heterocycles. The minimum absolute atomic E-state index is 0.0331. The Hall–Kier alpha value is -10.1. The van der Waals surface area contributed by atoms with Crippen LogP contribution in [0, 0.1) is 0 Å². The SMILES string of the molecule is C1=CCC(c2cc(-c3nc(-c4ccccn4)nc(-c4ccccn4)n3)cc(-c3ccccc3)c2-n2c3ccccc3c3c2ccc2c4ccc5c(c6ccccc6n5-c5ccccc5)c4n(-c4ccccc4)c23)C=C1. The molecule has 0 radical (unpaired) electrons. The Bertz CT molecular complexity index is 4540. The van der Waals surface area contributed by atoms with Crippen molar-refractivity contribution in [3.05, 3.63) is 255 Å². The molecule has 14 aromatic rings. The number of aromatic nitrogens is 8. The lowest BCUT2D eigenvalue weighted by Gasteiger charge is -2.24. The average Bonchev–Trinajstić information content (AvgIpc) is 4.16. The Labute approximate surface area is 431 Å². The summed E-state index contributed by atoms with van der Waals surface area (Å²) in [5, 5.41) is 7.20. The third-order valence-corrected chi connectivity index (χ3v) is 14.9. The molecule has 8 heteroatoms. The molecule has 0 bridgehead atoms. The van der Waals surface area contributed by atoms with Crippen LogP contribution in [0.5, 0.6) is 0 Å². The molecule has 8 nitrogen and oxygen atoms in total. The number of allylic oxidation sites excluding steroid dienone is 4. The summed E-state index contributed by atoms with van der Waals surface area (Å²) in [6.07, 6.45) is 13.3. The Morgan fingerprint density at radius 1 is 0.387 bits per heavy atom. The van der Waals surface area contributed by atoms with Crippen LogP contribution < -0.4 is 0 Å². The number of hydrogen-bond acceptors (Lipinski definition) is 5. The highest BCUT2D eigenvalue weighted by Crippen LogP contribution is 2.49. The summed E-state index contributed by atoms with van der Waals surface area (Å²) < 4.78 is 7.50. The predicted molar refractivity (Wildman–Crippen MR) is 306 cm³/mol. The third kappa shape index (κ3) is 6.80. The maximum atomic E-state index is 5.21. The van der Waals surface area contributed by atoms with Crippen molar-refractivity contribution < 1.29 is 0 Å².